The minimum Gasteiger partial charge on any atom is -0.325 e. The van der Waals surface area contributed by atoms with Crippen molar-refractivity contribution in [2.75, 3.05) is 16.8 Å². The van der Waals surface area contributed by atoms with E-state index in [4.69, 9.17) is 0 Å². The molecule has 0 fully saturated rings. The van der Waals surface area contributed by atoms with Gasteiger partial charge in [0.15, 0.2) is 5.16 Å². The molecule has 3 aromatic rings. The van der Waals surface area contributed by atoms with Crippen LogP contribution in [-0.2, 0) is 17.4 Å². The van der Waals surface area contributed by atoms with Gasteiger partial charge in [-0.05, 0) is 42.5 Å². The molecular formula is C21H15BrF3N3O2S2. The van der Waals surface area contributed by atoms with Gasteiger partial charge in [0, 0.05) is 22.3 Å². The monoisotopic (exact) mass is 541 g/mol. The molecule has 0 spiro atoms. The Morgan fingerprint density at radius 3 is 2.69 bits per heavy atom. The first-order valence-electron chi connectivity index (χ1n) is 9.37. The van der Waals surface area contributed by atoms with Crippen LogP contribution in [0.5, 0.6) is 0 Å². The summed E-state index contributed by atoms with van der Waals surface area (Å²) >= 11 is 5.67. The van der Waals surface area contributed by atoms with Crippen LogP contribution < -0.4 is 10.9 Å². The number of hydrogen-bond acceptors (Lipinski definition) is 5. The normalized spacial score (nSPS) is 13.1. The van der Waals surface area contributed by atoms with Crippen molar-refractivity contribution in [1.29, 1.82) is 0 Å². The van der Waals surface area contributed by atoms with Gasteiger partial charge in [-0.2, -0.15) is 13.2 Å². The van der Waals surface area contributed by atoms with E-state index in [1.165, 1.54) is 23.9 Å². The first-order chi connectivity index (χ1) is 15.2. The quantitative estimate of drug-likeness (QED) is 0.346. The number of carbonyl (C=O) groups is 1. The fourth-order valence-electron chi connectivity index (χ4n) is 3.10. The van der Waals surface area contributed by atoms with E-state index in [1.54, 1.807) is 24.3 Å². The van der Waals surface area contributed by atoms with Crippen molar-refractivity contribution in [3.05, 3.63) is 74.6 Å². The number of anilines is 1. The average Bonchev–Trinajstić information content (AvgIpc) is 3.22. The molecule has 166 valence electrons. The summed E-state index contributed by atoms with van der Waals surface area (Å²) in [4.78, 5) is 30.5. The van der Waals surface area contributed by atoms with Gasteiger partial charge < -0.3 is 5.32 Å². The Hall–Kier alpha value is -2.24. The number of hydrogen-bond donors (Lipinski definition) is 1. The van der Waals surface area contributed by atoms with Gasteiger partial charge in [0.25, 0.3) is 5.56 Å². The second-order valence-corrected chi connectivity index (χ2v) is 9.76. The molecule has 1 aromatic heterocycles. The van der Waals surface area contributed by atoms with Crippen LogP contribution in [0.15, 0.2) is 67.9 Å². The zero-order chi connectivity index (χ0) is 22.9. The van der Waals surface area contributed by atoms with Crippen molar-refractivity contribution in [2.45, 2.75) is 22.6 Å². The fourth-order valence-corrected chi connectivity index (χ4v) is 5.22. The van der Waals surface area contributed by atoms with E-state index in [0.29, 0.717) is 28.5 Å². The van der Waals surface area contributed by atoms with Crippen molar-refractivity contribution in [3.63, 3.8) is 0 Å². The highest BCUT2D eigenvalue weighted by Gasteiger charge is 2.31. The molecule has 0 atom stereocenters. The van der Waals surface area contributed by atoms with Crippen LogP contribution in [0.25, 0.3) is 5.69 Å². The number of benzene rings is 2. The number of nitrogens with zero attached hydrogens (tertiary/aromatic N) is 2. The zero-order valence-corrected chi connectivity index (χ0v) is 19.5. The van der Waals surface area contributed by atoms with Crippen molar-refractivity contribution in [2.24, 2.45) is 0 Å². The molecule has 0 bridgehead atoms. The van der Waals surface area contributed by atoms with Crippen molar-refractivity contribution in [1.82, 2.24) is 9.55 Å². The number of alkyl halides is 3. The van der Waals surface area contributed by atoms with Gasteiger partial charge in [-0.25, -0.2) is 4.98 Å². The number of carbonyl (C=O) groups excluding carboxylic acids is 1. The summed E-state index contributed by atoms with van der Waals surface area (Å²) in [6.45, 7) is 0. The van der Waals surface area contributed by atoms with Gasteiger partial charge >= 0.3 is 6.18 Å². The first kappa shape index (κ1) is 22.9. The van der Waals surface area contributed by atoms with Crippen molar-refractivity contribution in [3.8, 4) is 5.69 Å². The van der Waals surface area contributed by atoms with Gasteiger partial charge in [0.1, 0.15) is 0 Å². The first-order valence-corrected chi connectivity index (χ1v) is 12.1. The molecule has 0 radical (unpaired) electrons. The molecule has 2 heterocycles. The number of rotatable bonds is 5. The molecule has 0 aliphatic carbocycles. The smallest absolute Gasteiger partial charge is 0.325 e. The molecule has 4 rings (SSSR count). The molecule has 5 nitrogen and oxygen atoms in total. The molecule has 0 saturated carbocycles. The average molecular weight is 542 g/mol. The Morgan fingerprint density at radius 2 is 1.97 bits per heavy atom. The Morgan fingerprint density at radius 1 is 1.22 bits per heavy atom. The van der Waals surface area contributed by atoms with Crippen LogP contribution in [0.1, 0.15) is 11.3 Å². The van der Waals surface area contributed by atoms with Gasteiger partial charge in [0.05, 0.1) is 27.6 Å². The highest BCUT2D eigenvalue weighted by Crippen LogP contribution is 2.33. The van der Waals surface area contributed by atoms with Crippen LogP contribution in [0, 0.1) is 0 Å². The number of fused-ring (bicyclic) bond motifs is 1. The van der Waals surface area contributed by atoms with Crippen molar-refractivity contribution >= 4 is 51.0 Å². The number of aromatic nitrogens is 2. The standard InChI is InChI=1S/C21H15BrF3N3O2S2/c22-13-4-6-14(7-5-13)26-17(29)11-32-20-27-16-8-9-31-18(16)19(30)28(20)15-3-1-2-12(10-15)21(23,24)25/h1-7,10H,8-9,11H2,(H,26,29). The number of nitrogens with one attached hydrogen (secondary N) is 1. The summed E-state index contributed by atoms with van der Waals surface area (Å²) in [7, 11) is 0. The van der Waals surface area contributed by atoms with E-state index in [1.807, 2.05) is 0 Å². The summed E-state index contributed by atoms with van der Waals surface area (Å²) in [5.41, 5.74) is -0.0125. The summed E-state index contributed by atoms with van der Waals surface area (Å²) in [6, 6.07) is 11.6. The summed E-state index contributed by atoms with van der Waals surface area (Å²) in [6.07, 6.45) is -3.95. The SMILES string of the molecule is O=C(CSc1nc2c(c(=O)n1-c1cccc(C(F)(F)F)c1)SCC2)Nc1ccc(Br)cc1. The lowest BCUT2D eigenvalue weighted by Gasteiger charge is -2.15. The molecule has 11 heteroatoms. The Balaban J connectivity index is 1.65. The van der Waals surface area contributed by atoms with E-state index >= 15 is 0 Å². The van der Waals surface area contributed by atoms with Crippen LogP contribution in [0.3, 0.4) is 0 Å². The zero-order valence-electron chi connectivity index (χ0n) is 16.3. The Labute approximate surface area is 197 Å². The number of halogens is 4. The van der Waals surface area contributed by atoms with Crippen LogP contribution >= 0.6 is 39.5 Å². The lowest BCUT2D eigenvalue weighted by molar-refractivity contribution is -0.137. The van der Waals surface area contributed by atoms with Gasteiger partial charge in [-0.1, -0.05) is 33.8 Å². The van der Waals surface area contributed by atoms with Crippen LogP contribution in [0.4, 0.5) is 18.9 Å². The Kier molecular flexibility index (Phi) is 6.68. The number of aryl methyl sites for hydroxylation is 1. The second kappa shape index (κ2) is 9.32. The summed E-state index contributed by atoms with van der Waals surface area (Å²) in [5, 5.41) is 2.93. The van der Waals surface area contributed by atoms with E-state index in [0.717, 1.165) is 32.9 Å². The molecule has 0 unspecified atom stereocenters. The molecular weight excluding hydrogens is 527 g/mol. The van der Waals surface area contributed by atoms with Crippen molar-refractivity contribution < 1.29 is 18.0 Å². The fraction of sp³-hybridized carbons (Fsp3) is 0.190. The maximum Gasteiger partial charge on any atom is 0.416 e. The van der Waals surface area contributed by atoms with E-state index < -0.39 is 17.3 Å². The largest absolute Gasteiger partial charge is 0.416 e. The van der Waals surface area contributed by atoms with Gasteiger partial charge in [-0.15, -0.1) is 11.8 Å². The number of amides is 1. The maximum atomic E-state index is 13.2. The predicted octanol–water partition coefficient (Wildman–Crippen LogP) is 5.39. The number of thioether (sulfide) groups is 2. The van der Waals surface area contributed by atoms with Crippen LogP contribution in [-0.4, -0.2) is 27.0 Å². The Bertz CT molecular complexity index is 1230. The van der Waals surface area contributed by atoms with Gasteiger partial charge in [0.2, 0.25) is 5.91 Å². The van der Waals surface area contributed by atoms with E-state index in [-0.39, 0.29) is 22.5 Å². The minimum atomic E-state index is -4.55. The highest BCUT2D eigenvalue weighted by molar-refractivity contribution is 9.10. The molecule has 1 N–H and O–H groups in total. The predicted molar refractivity (Wildman–Crippen MR) is 123 cm³/mol. The third-order valence-electron chi connectivity index (χ3n) is 4.56. The third-order valence-corrected chi connectivity index (χ3v) is 7.13. The third kappa shape index (κ3) is 5.05. The lowest BCUT2D eigenvalue weighted by atomic mass is 10.2. The molecule has 1 aliphatic heterocycles. The molecule has 32 heavy (non-hydrogen) atoms. The topological polar surface area (TPSA) is 64.0 Å². The molecule has 2 aromatic carbocycles. The molecule has 1 amide bonds. The van der Waals surface area contributed by atoms with Crippen LogP contribution in [0.2, 0.25) is 0 Å². The lowest BCUT2D eigenvalue weighted by Crippen LogP contribution is -2.25. The van der Waals surface area contributed by atoms with E-state index in [2.05, 4.69) is 26.2 Å². The maximum absolute atomic E-state index is 13.2. The van der Waals surface area contributed by atoms with Gasteiger partial charge in [-0.3, -0.25) is 14.2 Å². The van der Waals surface area contributed by atoms with E-state index in [9.17, 15) is 22.8 Å². The minimum absolute atomic E-state index is 0.0587. The summed E-state index contributed by atoms with van der Waals surface area (Å²) in [5.74, 6) is 0.295. The summed E-state index contributed by atoms with van der Waals surface area (Å²) < 4.78 is 41.7. The highest BCUT2D eigenvalue weighted by atomic mass is 79.9. The molecule has 1 aliphatic rings. The second-order valence-electron chi connectivity index (χ2n) is 6.80. The molecule has 0 saturated heterocycles.